The number of benzene rings is 1. The van der Waals surface area contributed by atoms with Crippen LogP contribution >= 0.6 is 34.7 Å². The first-order chi connectivity index (χ1) is 11.4. The lowest BCUT2D eigenvalue weighted by Gasteiger charge is -2.18. The van der Waals surface area contributed by atoms with Crippen LogP contribution in [0.1, 0.15) is 6.42 Å². The highest BCUT2D eigenvalue weighted by molar-refractivity contribution is 7.98. The molecule has 2 aromatic rings. The van der Waals surface area contributed by atoms with Crippen molar-refractivity contribution < 1.29 is 13.2 Å². The van der Waals surface area contributed by atoms with Gasteiger partial charge in [-0.05, 0) is 48.1 Å². The first kappa shape index (κ1) is 19.3. The molecule has 0 saturated carbocycles. The summed E-state index contributed by atoms with van der Waals surface area (Å²) in [6.45, 7) is 0. The monoisotopic (exact) mass is 404 g/mol. The van der Waals surface area contributed by atoms with E-state index in [1.54, 1.807) is 47.5 Å². The van der Waals surface area contributed by atoms with Gasteiger partial charge in [0.15, 0.2) is 0 Å². The van der Waals surface area contributed by atoms with Gasteiger partial charge >= 0.3 is 0 Å². The average molecular weight is 405 g/mol. The van der Waals surface area contributed by atoms with Gasteiger partial charge in [-0.1, -0.05) is 23.7 Å². The van der Waals surface area contributed by atoms with Crippen molar-refractivity contribution >= 4 is 56.3 Å². The molecule has 0 fully saturated rings. The highest BCUT2D eigenvalue weighted by Gasteiger charge is 2.26. The van der Waals surface area contributed by atoms with Gasteiger partial charge in [0.1, 0.15) is 10.3 Å². The van der Waals surface area contributed by atoms with Gasteiger partial charge in [0, 0.05) is 10.7 Å². The van der Waals surface area contributed by atoms with Crippen LogP contribution in [0.4, 0.5) is 5.69 Å². The summed E-state index contributed by atoms with van der Waals surface area (Å²) in [5.74, 6) is 0.243. The molecule has 1 heterocycles. The Morgan fingerprint density at radius 1 is 1.33 bits per heavy atom. The number of thiophene rings is 1. The molecule has 5 nitrogen and oxygen atoms in total. The zero-order valence-electron chi connectivity index (χ0n) is 12.9. The maximum absolute atomic E-state index is 12.5. The summed E-state index contributed by atoms with van der Waals surface area (Å²) in [6.07, 6.45) is 2.29. The molecule has 130 valence electrons. The fourth-order valence-electron chi connectivity index (χ4n) is 1.94. The number of rotatable bonds is 8. The van der Waals surface area contributed by atoms with E-state index >= 15 is 0 Å². The first-order valence-electron chi connectivity index (χ1n) is 7.03. The number of thioether (sulfide) groups is 1. The number of carbonyl (C=O) groups excluding carboxylic acids is 1. The van der Waals surface area contributed by atoms with E-state index in [9.17, 15) is 13.2 Å². The minimum absolute atomic E-state index is 0.187. The highest BCUT2D eigenvalue weighted by Crippen LogP contribution is 2.18. The maximum Gasteiger partial charge on any atom is 0.250 e. The molecule has 2 N–H and O–H groups in total. The molecule has 1 aromatic heterocycles. The molecule has 0 spiro atoms. The number of amides is 1. The van der Waals surface area contributed by atoms with Crippen LogP contribution in [0.15, 0.2) is 46.0 Å². The van der Waals surface area contributed by atoms with E-state index < -0.39 is 22.0 Å². The van der Waals surface area contributed by atoms with E-state index in [0.29, 0.717) is 22.9 Å². The third kappa shape index (κ3) is 5.49. The fraction of sp³-hybridized carbons (Fsp3) is 0.267. The zero-order chi connectivity index (χ0) is 17.6. The molecule has 0 aliphatic heterocycles. The van der Waals surface area contributed by atoms with Crippen LogP contribution in [-0.2, 0) is 14.8 Å². The third-order valence-corrected chi connectivity index (χ3v) is 6.82. The fourth-order valence-corrected chi connectivity index (χ4v) is 4.84. The van der Waals surface area contributed by atoms with Crippen molar-refractivity contribution in [1.82, 2.24) is 4.72 Å². The smallest absolute Gasteiger partial charge is 0.250 e. The van der Waals surface area contributed by atoms with Crippen molar-refractivity contribution in [3.63, 3.8) is 0 Å². The first-order valence-corrected chi connectivity index (χ1v) is 11.2. The SMILES string of the molecule is CSCC[C@H](NS(=O)(=O)c1cccs1)C(=O)Nc1cccc(Cl)c1. The Hall–Kier alpha value is -1.06. The van der Waals surface area contributed by atoms with E-state index in [0.717, 1.165) is 11.3 Å². The van der Waals surface area contributed by atoms with Gasteiger partial charge in [-0.25, -0.2) is 8.42 Å². The van der Waals surface area contributed by atoms with Crippen molar-refractivity contribution in [2.75, 3.05) is 17.3 Å². The van der Waals surface area contributed by atoms with Crippen molar-refractivity contribution in [3.8, 4) is 0 Å². The van der Waals surface area contributed by atoms with E-state index in [2.05, 4.69) is 10.0 Å². The number of sulfonamides is 1. The topological polar surface area (TPSA) is 75.3 Å². The molecule has 1 aromatic carbocycles. The van der Waals surface area contributed by atoms with Gasteiger partial charge in [-0.2, -0.15) is 16.5 Å². The summed E-state index contributed by atoms with van der Waals surface area (Å²) in [4.78, 5) is 12.5. The Morgan fingerprint density at radius 3 is 2.75 bits per heavy atom. The minimum Gasteiger partial charge on any atom is -0.325 e. The molecular formula is C15H17ClN2O3S3. The predicted molar refractivity (Wildman–Crippen MR) is 102 cm³/mol. The van der Waals surface area contributed by atoms with Crippen LogP contribution in [-0.4, -0.2) is 32.4 Å². The Bertz CT molecular complexity index is 779. The van der Waals surface area contributed by atoms with Crippen LogP contribution in [0.5, 0.6) is 0 Å². The number of nitrogens with one attached hydrogen (secondary N) is 2. The summed E-state index contributed by atoms with van der Waals surface area (Å²) in [7, 11) is -3.72. The van der Waals surface area contributed by atoms with Crippen LogP contribution in [0.2, 0.25) is 5.02 Å². The number of hydrogen-bond donors (Lipinski definition) is 2. The predicted octanol–water partition coefficient (Wildman–Crippen LogP) is 3.44. The van der Waals surface area contributed by atoms with Crippen LogP contribution in [0.3, 0.4) is 0 Å². The molecule has 1 atom stereocenters. The van der Waals surface area contributed by atoms with Gasteiger partial charge in [-0.3, -0.25) is 4.79 Å². The van der Waals surface area contributed by atoms with E-state index in [4.69, 9.17) is 11.6 Å². The lowest BCUT2D eigenvalue weighted by atomic mass is 10.2. The molecular weight excluding hydrogens is 388 g/mol. The van der Waals surface area contributed by atoms with E-state index in [1.165, 1.54) is 6.07 Å². The molecule has 1 amide bonds. The maximum atomic E-state index is 12.5. The summed E-state index contributed by atoms with van der Waals surface area (Å²) in [5.41, 5.74) is 0.525. The number of hydrogen-bond acceptors (Lipinski definition) is 5. The summed E-state index contributed by atoms with van der Waals surface area (Å²) >= 11 is 8.56. The second kappa shape index (κ2) is 8.87. The van der Waals surface area contributed by atoms with Crippen molar-refractivity contribution in [2.24, 2.45) is 0 Å². The standard InChI is InChI=1S/C15H17ClN2O3S3/c1-22-9-7-13(18-24(20,21)14-6-3-8-23-14)15(19)17-12-5-2-4-11(16)10-12/h2-6,8,10,13,18H,7,9H2,1H3,(H,17,19)/t13-/m0/s1. The normalized spacial score (nSPS) is 12.8. The third-order valence-electron chi connectivity index (χ3n) is 3.08. The minimum atomic E-state index is -3.72. The Kier molecular flexibility index (Phi) is 7.12. The lowest BCUT2D eigenvalue weighted by Crippen LogP contribution is -2.43. The highest BCUT2D eigenvalue weighted by atomic mass is 35.5. The van der Waals surface area contributed by atoms with Crippen LogP contribution < -0.4 is 10.0 Å². The zero-order valence-corrected chi connectivity index (χ0v) is 16.1. The van der Waals surface area contributed by atoms with Crippen molar-refractivity contribution in [2.45, 2.75) is 16.7 Å². The average Bonchev–Trinajstić information content (AvgIpc) is 3.06. The largest absolute Gasteiger partial charge is 0.325 e. The Labute approximate surface area is 154 Å². The van der Waals surface area contributed by atoms with Gasteiger partial charge in [0.05, 0.1) is 0 Å². The van der Waals surface area contributed by atoms with Crippen LogP contribution in [0.25, 0.3) is 0 Å². The molecule has 0 aliphatic rings. The molecule has 24 heavy (non-hydrogen) atoms. The van der Waals surface area contributed by atoms with Gasteiger partial charge in [-0.15, -0.1) is 11.3 Å². The van der Waals surface area contributed by atoms with Crippen molar-refractivity contribution in [1.29, 1.82) is 0 Å². The second-order valence-corrected chi connectivity index (χ2v) is 9.20. The Balaban J connectivity index is 2.13. The lowest BCUT2D eigenvalue weighted by molar-refractivity contribution is -0.117. The van der Waals surface area contributed by atoms with Gasteiger partial charge in [0.25, 0.3) is 10.0 Å². The van der Waals surface area contributed by atoms with Crippen LogP contribution in [0, 0.1) is 0 Å². The van der Waals surface area contributed by atoms with Gasteiger partial charge < -0.3 is 5.32 Å². The number of carbonyl (C=O) groups is 1. The van der Waals surface area contributed by atoms with E-state index in [-0.39, 0.29) is 4.21 Å². The second-order valence-electron chi connectivity index (χ2n) is 4.89. The Morgan fingerprint density at radius 2 is 2.12 bits per heavy atom. The number of anilines is 1. The molecule has 0 unspecified atom stereocenters. The molecule has 0 radical (unpaired) electrons. The molecule has 0 saturated heterocycles. The molecule has 9 heteroatoms. The molecule has 0 bridgehead atoms. The molecule has 0 aliphatic carbocycles. The summed E-state index contributed by atoms with van der Waals surface area (Å²) < 4.78 is 27.4. The van der Waals surface area contributed by atoms with Gasteiger partial charge in [0.2, 0.25) is 5.91 Å². The number of halogens is 1. The van der Waals surface area contributed by atoms with Crippen molar-refractivity contribution in [3.05, 3.63) is 46.8 Å². The quantitative estimate of drug-likeness (QED) is 0.706. The van der Waals surface area contributed by atoms with E-state index in [1.807, 2.05) is 6.26 Å². The summed E-state index contributed by atoms with van der Waals surface area (Å²) in [5, 5.41) is 4.87. The molecule has 2 rings (SSSR count). The summed E-state index contributed by atoms with van der Waals surface area (Å²) in [6, 6.07) is 9.02.